The number of hydrogen-bond donors (Lipinski definition) is 1. The van der Waals surface area contributed by atoms with Gasteiger partial charge in [0.2, 0.25) is 9.84 Å². The van der Waals surface area contributed by atoms with Crippen molar-refractivity contribution in [1.29, 1.82) is 0 Å². The molecule has 2 rings (SSSR count). The molecular weight excluding hydrogens is 340 g/mol. The molecular formula is C19H24O5S. The van der Waals surface area contributed by atoms with Crippen LogP contribution < -0.4 is 9.47 Å². The second-order valence-corrected chi connectivity index (χ2v) is 7.88. The normalized spacial score (nSPS) is 12.7. The summed E-state index contributed by atoms with van der Waals surface area (Å²) in [6.45, 7) is 5.64. The van der Waals surface area contributed by atoms with Gasteiger partial charge < -0.3 is 14.6 Å². The van der Waals surface area contributed by atoms with Gasteiger partial charge >= 0.3 is 0 Å². The van der Waals surface area contributed by atoms with Crippen LogP contribution in [0.1, 0.15) is 24.5 Å². The van der Waals surface area contributed by atoms with Crippen molar-refractivity contribution in [2.45, 2.75) is 43.1 Å². The third-order valence-electron chi connectivity index (χ3n) is 4.04. The minimum absolute atomic E-state index is 0.182. The zero-order chi connectivity index (χ0) is 18.6. The van der Waals surface area contributed by atoms with Gasteiger partial charge in [0.15, 0.2) is 0 Å². The quantitative estimate of drug-likeness (QED) is 0.816. The minimum atomic E-state index is -3.62. The summed E-state index contributed by atoms with van der Waals surface area (Å²) in [4.78, 5) is 0.429. The Labute approximate surface area is 149 Å². The Balaban J connectivity index is 2.31. The maximum absolute atomic E-state index is 12.8. The number of aliphatic hydroxyl groups is 1. The van der Waals surface area contributed by atoms with Gasteiger partial charge in [0.1, 0.15) is 18.1 Å². The summed E-state index contributed by atoms with van der Waals surface area (Å²) in [6.07, 6.45) is 0.0626. The van der Waals surface area contributed by atoms with Gasteiger partial charge in [-0.2, -0.15) is 0 Å². The predicted molar refractivity (Wildman–Crippen MR) is 96.2 cm³/mol. The van der Waals surface area contributed by atoms with Crippen molar-refractivity contribution in [3.63, 3.8) is 0 Å². The van der Waals surface area contributed by atoms with Crippen molar-refractivity contribution in [3.05, 3.63) is 47.5 Å². The first-order valence-electron chi connectivity index (χ1n) is 8.10. The third-order valence-corrected chi connectivity index (χ3v) is 5.78. The van der Waals surface area contributed by atoms with E-state index in [-0.39, 0.29) is 16.4 Å². The van der Waals surface area contributed by atoms with Gasteiger partial charge in [-0.3, -0.25) is 0 Å². The number of ether oxygens (including phenoxy) is 2. The van der Waals surface area contributed by atoms with E-state index in [4.69, 9.17) is 9.47 Å². The van der Waals surface area contributed by atoms with Gasteiger partial charge in [-0.1, -0.05) is 6.92 Å². The lowest BCUT2D eigenvalue weighted by molar-refractivity contribution is 0.104. The summed E-state index contributed by atoms with van der Waals surface area (Å²) in [6, 6.07) is 9.53. The summed E-state index contributed by atoms with van der Waals surface area (Å²) in [5, 5.41) is 9.58. The lowest BCUT2D eigenvalue weighted by Gasteiger charge is -2.14. The summed E-state index contributed by atoms with van der Waals surface area (Å²) >= 11 is 0. The van der Waals surface area contributed by atoms with Gasteiger partial charge in [0, 0.05) is 0 Å². The van der Waals surface area contributed by atoms with Crippen LogP contribution in [0.2, 0.25) is 0 Å². The Morgan fingerprint density at radius 2 is 1.52 bits per heavy atom. The van der Waals surface area contributed by atoms with Crippen LogP contribution in [0.4, 0.5) is 0 Å². The van der Waals surface area contributed by atoms with Crippen molar-refractivity contribution in [3.8, 4) is 11.5 Å². The van der Waals surface area contributed by atoms with E-state index >= 15 is 0 Å². The molecule has 0 aliphatic heterocycles. The number of aliphatic hydroxyl groups excluding tert-OH is 1. The van der Waals surface area contributed by atoms with Gasteiger partial charge in [-0.05, 0) is 67.8 Å². The van der Waals surface area contributed by atoms with Crippen molar-refractivity contribution in [2.24, 2.45) is 0 Å². The van der Waals surface area contributed by atoms with E-state index in [9.17, 15) is 13.5 Å². The number of aryl methyl sites for hydroxylation is 2. The fraction of sp³-hybridized carbons (Fsp3) is 0.368. The molecule has 2 aromatic rings. The molecule has 0 aromatic heterocycles. The van der Waals surface area contributed by atoms with Crippen LogP contribution >= 0.6 is 0 Å². The van der Waals surface area contributed by atoms with Crippen molar-refractivity contribution >= 4 is 9.84 Å². The van der Waals surface area contributed by atoms with E-state index in [1.807, 2.05) is 6.92 Å². The Hall–Kier alpha value is -2.05. The molecule has 0 fully saturated rings. The zero-order valence-electron chi connectivity index (χ0n) is 14.9. The van der Waals surface area contributed by atoms with Crippen LogP contribution in [0.5, 0.6) is 11.5 Å². The molecule has 0 saturated carbocycles. The van der Waals surface area contributed by atoms with E-state index in [2.05, 4.69) is 0 Å². The number of methoxy groups -OCH3 is 1. The van der Waals surface area contributed by atoms with Gasteiger partial charge in [-0.15, -0.1) is 0 Å². The summed E-state index contributed by atoms with van der Waals surface area (Å²) in [7, 11) is -2.07. The van der Waals surface area contributed by atoms with Crippen LogP contribution in [-0.2, 0) is 9.84 Å². The molecule has 0 amide bonds. The Kier molecular flexibility index (Phi) is 6.08. The topological polar surface area (TPSA) is 72.8 Å². The highest BCUT2D eigenvalue weighted by atomic mass is 32.2. The van der Waals surface area contributed by atoms with E-state index in [1.54, 1.807) is 51.3 Å². The van der Waals surface area contributed by atoms with E-state index in [0.29, 0.717) is 23.5 Å². The van der Waals surface area contributed by atoms with E-state index in [1.165, 1.54) is 6.07 Å². The molecule has 0 saturated heterocycles. The van der Waals surface area contributed by atoms with Crippen LogP contribution in [-0.4, -0.2) is 33.3 Å². The zero-order valence-corrected chi connectivity index (χ0v) is 15.8. The Morgan fingerprint density at radius 1 is 1.00 bits per heavy atom. The van der Waals surface area contributed by atoms with Crippen molar-refractivity contribution in [2.75, 3.05) is 13.7 Å². The molecule has 0 heterocycles. The predicted octanol–water partition coefficient (Wildman–Crippen LogP) is 3.29. The first kappa shape index (κ1) is 19.3. The molecule has 0 radical (unpaired) electrons. The molecule has 0 bridgehead atoms. The van der Waals surface area contributed by atoms with Crippen molar-refractivity contribution < 1.29 is 23.0 Å². The molecule has 1 atom stereocenters. The molecule has 1 N–H and O–H groups in total. The summed E-state index contributed by atoms with van der Waals surface area (Å²) in [5.74, 6) is 1.21. The van der Waals surface area contributed by atoms with Gasteiger partial charge in [-0.25, -0.2) is 8.42 Å². The van der Waals surface area contributed by atoms with Gasteiger partial charge in [0.25, 0.3) is 0 Å². The van der Waals surface area contributed by atoms with Crippen LogP contribution in [0, 0.1) is 13.8 Å². The highest BCUT2D eigenvalue weighted by Gasteiger charge is 2.20. The maximum atomic E-state index is 12.8. The third kappa shape index (κ3) is 4.32. The van der Waals surface area contributed by atoms with Gasteiger partial charge in [0.05, 0.1) is 23.0 Å². The summed E-state index contributed by atoms with van der Waals surface area (Å²) in [5.41, 5.74) is 1.46. The number of benzene rings is 2. The molecule has 6 heteroatoms. The lowest BCUT2D eigenvalue weighted by atomic mass is 10.2. The van der Waals surface area contributed by atoms with Crippen LogP contribution in [0.3, 0.4) is 0 Å². The van der Waals surface area contributed by atoms with E-state index in [0.717, 1.165) is 5.56 Å². The monoisotopic (exact) mass is 364 g/mol. The molecule has 136 valence electrons. The molecule has 5 nitrogen and oxygen atoms in total. The average molecular weight is 364 g/mol. The second kappa shape index (κ2) is 7.89. The number of rotatable bonds is 7. The molecule has 2 aromatic carbocycles. The minimum Gasteiger partial charge on any atom is -0.496 e. The van der Waals surface area contributed by atoms with Crippen molar-refractivity contribution in [1.82, 2.24) is 0 Å². The fourth-order valence-electron chi connectivity index (χ4n) is 2.41. The first-order chi connectivity index (χ1) is 11.8. The molecule has 0 spiro atoms. The Bertz CT molecular complexity index is 843. The largest absolute Gasteiger partial charge is 0.496 e. The fourth-order valence-corrected chi connectivity index (χ4v) is 3.84. The average Bonchev–Trinajstić information content (AvgIpc) is 2.60. The molecule has 1 unspecified atom stereocenters. The maximum Gasteiger partial charge on any atom is 0.206 e. The lowest BCUT2D eigenvalue weighted by Crippen LogP contribution is -2.16. The number of hydrogen-bond acceptors (Lipinski definition) is 5. The molecule has 0 aliphatic carbocycles. The smallest absolute Gasteiger partial charge is 0.206 e. The summed E-state index contributed by atoms with van der Waals surface area (Å²) < 4.78 is 36.4. The first-order valence-corrected chi connectivity index (χ1v) is 9.59. The standard InChI is InChI=1S/C19H24O5S/c1-5-15(20)12-24-19-9-7-17(11-14(19)3)25(21,22)16-6-8-18(23-4)13(2)10-16/h6-11,15,20H,5,12H2,1-4H3. The molecule has 0 aliphatic rings. The highest BCUT2D eigenvalue weighted by Crippen LogP contribution is 2.29. The SMILES string of the molecule is CCC(O)COc1ccc(S(=O)(=O)c2ccc(OC)c(C)c2)cc1C. The number of sulfone groups is 1. The Morgan fingerprint density at radius 3 is 1.96 bits per heavy atom. The molecule has 25 heavy (non-hydrogen) atoms. The van der Waals surface area contributed by atoms with Crippen LogP contribution in [0.25, 0.3) is 0 Å². The van der Waals surface area contributed by atoms with E-state index < -0.39 is 15.9 Å². The highest BCUT2D eigenvalue weighted by molar-refractivity contribution is 7.91. The van der Waals surface area contributed by atoms with Crippen LogP contribution in [0.15, 0.2) is 46.2 Å². The second-order valence-electron chi connectivity index (χ2n) is 5.94.